The molecule has 0 bridgehead atoms. The maximum absolute atomic E-state index is 12.7. The molecule has 27 heavy (non-hydrogen) atoms. The first-order valence-corrected chi connectivity index (χ1v) is 10.00. The molecule has 1 aromatic heterocycles. The fraction of sp³-hybridized carbons (Fsp3) is 0.700. The van der Waals surface area contributed by atoms with Crippen LogP contribution in [0.3, 0.4) is 0 Å². The van der Waals surface area contributed by atoms with Gasteiger partial charge in [0.15, 0.2) is 0 Å². The quantitative estimate of drug-likeness (QED) is 0.816. The molecule has 3 aliphatic rings. The maximum Gasteiger partial charge on any atom is 0.310 e. The van der Waals surface area contributed by atoms with E-state index in [0.29, 0.717) is 19.5 Å². The SMILES string of the molecule is CC1(C)CC(CC(=O)N2CCc3nc(C4CCCCN4)ncc3C2)C(=O)O1. The van der Waals surface area contributed by atoms with Crippen molar-refractivity contribution in [2.75, 3.05) is 13.1 Å². The van der Waals surface area contributed by atoms with Gasteiger partial charge in [0.2, 0.25) is 5.91 Å². The zero-order valence-electron chi connectivity index (χ0n) is 16.2. The third kappa shape index (κ3) is 3.98. The number of nitrogens with one attached hydrogen (secondary N) is 1. The van der Waals surface area contributed by atoms with Crippen LogP contribution >= 0.6 is 0 Å². The van der Waals surface area contributed by atoms with E-state index in [2.05, 4.69) is 10.3 Å². The van der Waals surface area contributed by atoms with Gasteiger partial charge in [-0.1, -0.05) is 6.42 Å². The van der Waals surface area contributed by atoms with Crippen LogP contribution in [0.15, 0.2) is 6.20 Å². The average molecular weight is 372 g/mol. The Kier molecular flexibility index (Phi) is 4.88. The van der Waals surface area contributed by atoms with E-state index in [9.17, 15) is 9.59 Å². The number of cyclic esters (lactones) is 1. The number of nitrogens with zero attached hydrogens (tertiary/aromatic N) is 3. The van der Waals surface area contributed by atoms with Crippen LogP contribution in [-0.2, 0) is 27.3 Å². The lowest BCUT2D eigenvalue weighted by molar-refractivity contribution is -0.150. The first-order chi connectivity index (χ1) is 12.9. The largest absolute Gasteiger partial charge is 0.459 e. The van der Waals surface area contributed by atoms with Crippen LogP contribution in [0, 0.1) is 5.92 Å². The van der Waals surface area contributed by atoms with Crippen LogP contribution < -0.4 is 5.32 Å². The Hall–Kier alpha value is -2.02. The van der Waals surface area contributed by atoms with Gasteiger partial charge in [-0.15, -0.1) is 0 Å². The van der Waals surface area contributed by atoms with Crippen molar-refractivity contribution in [2.45, 2.75) is 70.6 Å². The molecule has 0 spiro atoms. The monoisotopic (exact) mass is 372 g/mol. The minimum Gasteiger partial charge on any atom is -0.459 e. The van der Waals surface area contributed by atoms with Crippen molar-refractivity contribution >= 4 is 11.9 Å². The van der Waals surface area contributed by atoms with Crippen molar-refractivity contribution in [3.05, 3.63) is 23.3 Å². The molecule has 0 aromatic carbocycles. The van der Waals surface area contributed by atoms with E-state index in [1.807, 2.05) is 24.9 Å². The molecular weight excluding hydrogens is 344 g/mol. The maximum atomic E-state index is 12.7. The highest BCUT2D eigenvalue weighted by Gasteiger charge is 2.41. The Balaban J connectivity index is 1.39. The van der Waals surface area contributed by atoms with Crippen molar-refractivity contribution in [3.8, 4) is 0 Å². The van der Waals surface area contributed by atoms with E-state index >= 15 is 0 Å². The van der Waals surface area contributed by atoms with Gasteiger partial charge < -0.3 is 15.0 Å². The van der Waals surface area contributed by atoms with Gasteiger partial charge in [0.05, 0.1) is 17.7 Å². The molecule has 146 valence electrons. The molecule has 0 aliphatic carbocycles. The fourth-order valence-corrected chi connectivity index (χ4v) is 4.35. The number of hydrogen-bond acceptors (Lipinski definition) is 6. The summed E-state index contributed by atoms with van der Waals surface area (Å²) in [5.74, 6) is 0.311. The first-order valence-electron chi connectivity index (χ1n) is 10.00. The number of piperidine rings is 1. The van der Waals surface area contributed by atoms with Crippen molar-refractivity contribution < 1.29 is 14.3 Å². The van der Waals surface area contributed by atoms with Gasteiger partial charge >= 0.3 is 5.97 Å². The standard InChI is InChI=1S/C20H28N4O3/c1-20(2)10-13(19(26)27-20)9-17(25)24-8-6-15-14(12-24)11-22-18(23-15)16-5-3-4-7-21-16/h11,13,16,21H,3-10,12H2,1-2H3. The van der Waals surface area contributed by atoms with Crippen LogP contribution in [0.25, 0.3) is 0 Å². The smallest absolute Gasteiger partial charge is 0.310 e. The number of carbonyl (C=O) groups excluding carboxylic acids is 2. The molecule has 1 amide bonds. The molecule has 3 aliphatic heterocycles. The lowest BCUT2D eigenvalue weighted by Gasteiger charge is -2.30. The van der Waals surface area contributed by atoms with Gasteiger partial charge in [0.25, 0.3) is 0 Å². The Morgan fingerprint density at radius 1 is 1.41 bits per heavy atom. The fourth-order valence-electron chi connectivity index (χ4n) is 4.35. The number of fused-ring (bicyclic) bond motifs is 1. The minimum atomic E-state index is -0.464. The molecule has 2 atom stereocenters. The van der Waals surface area contributed by atoms with Gasteiger partial charge in [-0.05, 0) is 33.2 Å². The second kappa shape index (κ2) is 7.19. The summed E-state index contributed by atoms with van der Waals surface area (Å²) in [4.78, 5) is 35.8. The third-order valence-electron chi connectivity index (χ3n) is 5.80. The number of rotatable bonds is 3. The lowest BCUT2D eigenvalue weighted by Crippen LogP contribution is -2.38. The van der Waals surface area contributed by atoms with Gasteiger partial charge in [-0.3, -0.25) is 9.59 Å². The van der Waals surface area contributed by atoms with Crippen LogP contribution in [-0.4, -0.2) is 45.4 Å². The second-order valence-corrected chi connectivity index (χ2v) is 8.55. The summed E-state index contributed by atoms with van der Waals surface area (Å²) in [5.41, 5.74) is 1.61. The number of amides is 1. The molecule has 7 heteroatoms. The van der Waals surface area contributed by atoms with E-state index < -0.39 is 5.60 Å². The number of ether oxygens (including phenoxy) is 1. The van der Waals surface area contributed by atoms with Crippen molar-refractivity contribution in [2.24, 2.45) is 5.92 Å². The molecular formula is C20H28N4O3. The number of hydrogen-bond donors (Lipinski definition) is 1. The molecule has 4 heterocycles. The second-order valence-electron chi connectivity index (χ2n) is 8.55. The molecule has 4 rings (SSSR count). The summed E-state index contributed by atoms with van der Waals surface area (Å²) in [6, 6.07) is 0.250. The van der Waals surface area contributed by atoms with E-state index in [-0.39, 0.29) is 30.3 Å². The Bertz CT molecular complexity index is 743. The highest BCUT2D eigenvalue weighted by molar-refractivity contribution is 5.84. The number of aromatic nitrogens is 2. The minimum absolute atomic E-state index is 0.0123. The van der Waals surface area contributed by atoms with Crippen molar-refractivity contribution in [1.29, 1.82) is 0 Å². The molecule has 0 saturated carbocycles. The predicted molar refractivity (Wildman–Crippen MR) is 98.6 cm³/mol. The van der Waals surface area contributed by atoms with Crippen LogP contribution in [0.2, 0.25) is 0 Å². The van der Waals surface area contributed by atoms with E-state index in [1.165, 1.54) is 12.8 Å². The normalized spacial score (nSPS) is 27.2. The van der Waals surface area contributed by atoms with Crippen molar-refractivity contribution in [3.63, 3.8) is 0 Å². The third-order valence-corrected chi connectivity index (χ3v) is 5.80. The zero-order valence-corrected chi connectivity index (χ0v) is 16.2. The summed E-state index contributed by atoms with van der Waals surface area (Å²) in [7, 11) is 0. The molecule has 2 fully saturated rings. The van der Waals surface area contributed by atoms with Gasteiger partial charge in [0.1, 0.15) is 11.4 Å². The molecule has 2 saturated heterocycles. The number of esters is 1. The summed E-state index contributed by atoms with van der Waals surface area (Å²) in [5, 5.41) is 3.49. The van der Waals surface area contributed by atoms with Gasteiger partial charge in [-0.2, -0.15) is 0 Å². The lowest BCUT2D eigenvalue weighted by atomic mass is 9.94. The summed E-state index contributed by atoms with van der Waals surface area (Å²) >= 11 is 0. The first kappa shape index (κ1) is 18.3. The molecule has 2 unspecified atom stereocenters. The van der Waals surface area contributed by atoms with E-state index in [1.54, 1.807) is 0 Å². The summed E-state index contributed by atoms with van der Waals surface area (Å²) < 4.78 is 5.34. The molecule has 7 nitrogen and oxygen atoms in total. The van der Waals surface area contributed by atoms with Gasteiger partial charge in [0, 0.05) is 44.1 Å². The zero-order chi connectivity index (χ0) is 19.0. The predicted octanol–water partition coefficient (Wildman–Crippen LogP) is 1.91. The molecule has 0 radical (unpaired) electrons. The van der Waals surface area contributed by atoms with E-state index in [4.69, 9.17) is 9.72 Å². The van der Waals surface area contributed by atoms with Crippen LogP contribution in [0.1, 0.15) is 69.1 Å². The Labute approximate surface area is 159 Å². The topological polar surface area (TPSA) is 84.4 Å². The molecule has 1 aromatic rings. The summed E-state index contributed by atoms with van der Waals surface area (Å²) in [6.45, 7) is 5.97. The Morgan fingerprint density at radius 2 is 2.26 bits per heavy atom. The van der Waals surface area contributed by atoms with Crippen molar-refractivity contribution in [1.82, 2.24) is 20.2 Å². The highest BCUT2D eigenvalue weighted by atomic mass is 16.6. The number of carbonyl (C=O) groups is 2. The van der Waals surface area contributed by atoms with Crippen LogP contribution in [0.4, 0.5) is 0 Å². The summed E-state index contributed by atoms with van der Waals surface area (Å²) in [6.07, 6.45) is 6.94. The van der Waals surface area contributed by atoms with Crippen LogP contribution in [0.5, 0.6) is 0 Å². The van der Waals surface area contributed by atoms with E-state index in [0.717, 1.165) is 36.5 Å². The highest BCUT2D eigenvalue weighted by Crippen LogP contribution is 2.33. The average Bonchev–Trinajstić information content (AvgIpc) is 2.92. The molecule has 1 N–H and O–H groups in total. The van der Waals surface area contributed by atoms with Gasteiger partial charge in [-0.25, -0.2) is 9.97 Å². The Morgan fingerprint density at radius 3 is 2.96 bits per heavy atom.